The Hall–Kier alpha value is -1.75. The summed E-state index contributed by atoms with van der Waals surface area (Å²) >= 11 is 9.03. The van der Waals surface area contributed by atoms with Crippen LogP contribution in [0, 0.1) is 6.20 Å². The lowest BCUT2D eigenvalue weighted by Gasteiger charge is -2.09. The van der Waals surface area contributed by atoms with Crippen molar-refractivity contribution in [3.8, 4) is 0 Å². The molecule has 4 rings (SSSR count). The van der Waals surface area contributed by atoms with Crippen molar-refractivity contribution in [3.05, 3.63) is 35.7 Å². The predicted octanol–water partition coefficient (Wildman–Crippen LogP) is 3.04. The average Bonchev–Trinajstić information content (AvgIpc) is 3.17. The number of fused-ring (bicyclic) bond motifs is 2. The fourth-order valence-corrected chi connectivity index (χ4v) is 5.03. The van der Waals surface area contributed by atoms with Crippen molar-refractivity contribution in [2.45, 2.75) is 28.2 Å². The van der Waals surface area contributed by atoms with E-state index in [1.165, 1.54) is 29.4 Å². The Morgan fingerprint density at radius 1 is 1.38 bits per heavy atom. The first-order chi connectivity index (χ1) is 12.5. The minimum atomic E-state index is -2.56. The molecule has 7 nitrogen and oxygen atoms in total. The molecule has 1 radical (unpaired) electrons. The Bertz CT molecular complexity index is 1180. The van der Waals surface area contributed by atoms with Crippen LogP contribution in [0.3, 0.4) is 0 Å². The molecule has 0 fully saturated rings. The minimum Gasteiger partial charge on any atom is -0.302 e. The second kappa shape index (κ2) is 7.10. The highest BCUT2D eigenvalue weighted by atomic mass is 35.5. The Labute approximate surface area is 163 Å². The van der Waals surface area contributed by atoms with Crippen molar-refractivity contribution in [2.24, 2.45) is 0 Å². The zero-order valence-corrected chi connectivity index (χ0v) is 16.6. The molecule has 1 aromatic carbocycles. The van der Waals surface area contributed by atoms with Crippen molar-refractivity contribution in [3.63, 3.8) is 0 Å². The molecular formula is C15H11ClN5O2S3. The van der Waals surface area contributed by atoms with Crippen LogP contribution in [0.2, 0.25) is 5.02 Å². The molecule has 11 heteroatoms. The summed E-state index contributed by atoms with van der Waals surface area (Å²) in [6.45, 7) is 1.89. The van der Waals surface area contributed by atoms with E-state index in [4.69, 9.17) is 11.6 Å². The number of rotatable bonds is 5. The maximum atomic E-state index is 11.3. The van der Waals surface area contributed by atoms with Crippen LogP contribution in [0.25, 0.3) is 21.4 Å². The number of hydrogen-bond acceptors (Lipinski definition) is 8. The number of hydrogen-bond donors (Lipinski definition) is 1. The summed E-state index contributed by atoms with van der Waals surface area (Å²) in [6, 6.07) is 5.57. The third-order valence-corrected chi connectivity index (χ3v) is 7.12. The highest BCUT2D eigenvalue weighted by molar-refractivity contribution is 8.01. The van der Waals surface area contributed by atoms with E-state index in [1.807, 2.05) is 18.2 Å². The summed E-state index contributed by atoms with van der Waals surface area (Å²) in [4.78, 5) is 17.2. The number of benzene rings is 1. The van der Waals surface area contributed by atoms with E-state index < -0.39 is 16.0 Å². The molecule has 0 spiro atoms. The summed E-state index contributed by atoms with van der Waals surface area (Å²) < 4.78 is 26.1. The second-order valence-electron chi connectivity index (χ2n) is 5.47. The van der Waals surface area contributed by atoms with Crippen molar-refractivity contribution in [1.82, 2.24) is 24.5 Å². The molecule has 3 aromatic heterocycles. The Balaban J connectivity index is 1.78. The van der Waals surface area contributed by atoms with Gasteiger partial charge >= 0.3 is 0 Å². The van der Waals surface area contributed by atoms with Gasteiger partial charge < -0.3 is 4.57 Å². The molecule has 1 unspecified atom stereocenters. The highest BCUT2D eigenvalue weighted by Crippen LogP contribution is 2.37. The molecule has 1 atom stereocenters. The third-order valence-electron chi connectivity index (χ3n) is 3.65. The lowest BCUT2D eigenvalue weighted by Crippen LogP contribution is -2.15. The standard InChI is InChI=1S/C15H11ClN5O2S3/c1-8(26(22)23)6-21-13-11(5-17-7-18-13)19-14(21)25-15-20-10-4-2-3-9(16)12(10)24-15/h2-4,7-8,26H,6H2,1H3. The number of aromatic nitrogens is 5. The van der Waals surface area contributed by atoms with Gasteiger partial charge in [0.05, 0.1) is 20.5 Å². The van der Waals surface area contributed by atoms with Crippen molar-refractivity contribution < 1.29 is 8.42 Å². The van der Waals surface area contributed by atoms with Gasteiger partial charge in [0.1, 0.15) is 28.7 Å². The smallest absolute Gasteiger partial charge is 0.177 e. The Morgan fingerprint density at radius 2 is 2.23 bits per heavy atom. The second-order valence-corrected chi connectivity index (χ2v) is 9.54. The van der Waals surface area contributed by atoms with Gasteiger partial charge in [-0.2, -0.15) is 0 Å². The average molecular weight is 425 g/mol. The first kappa shape index (κ1) is 17.7. The quantitative estimate of drug-likeness (QED) is 0.492. The highest BCUT2D eigenvalue weighted by Gasteiger charge is 2.19. The van der Waals surface area contributed by atoms with Crippen molar-refractivity contribution in [1.29, 1.82) is 0 Å². The zero-order valence-electron chi connectivity index (χ0n) is 13.3. The fraction of sp³-hybridized carbons (Fsp3) is 0.200. The van der Waals surface area contributed by atoms with Gasteiger partial charge in [0.25, 0.3) is 0 Å². The monoisotopic (exact) mass is 424 g/mol. The number of thiol groups is 1. The molecule has 0 amide bonds. The van der Waals surface area contributed by atoms with Crippen LogP contribution in [-0.4, -0.2) is 38.2 Å². The third kappa shape index (κ3) is 3.29. The lowest BCUT2D eigenvalue weighted by atomic mass is 10.3. The van der Waals surface area contributed by atoms with Gasteiger partial charge in [-0.05, 0) is 30.8 Å². The maximum Gasteiger partial charge on any atom is 0.177 e. The number of halogens is 1. The van der Waals surface area contributed by atoms with E-state index in [-0.39, 0.29) is 6.54 Å². The topological polar surface area (TPSA) is 90.6 Å². The van der Waals surface area contributed by atoms with Crippen LogP contribution in [0.4, 0.5) is 0 Å². The maximum absolute atomic E-state index is 11.3. The molecule has 0 N–H and O–H groups in total. The first-order valence-corrected chi connectivity index (χ1v) is 10.7. The van der Waals surface area contributed by atoms with Gasteiger partial charge in [-0.1, -0.05) is 17.7 Å². The first-order valence-electron chi connectivity index (χ1n) is 7.48. The van der Waals surface area contributed by atoms with E-state index in [1.54, 1.807) is 11.5 Å². The largest absolute Gasteiger partial charge is 0.302 e. The molecule has 26 heavy (non-hydrogen) atoms. The minimum absolute atomic E-state index is 0.244. The van der Waals surface area contributed by atoms with Crippen molar-refractivity contribution in [2.75, 3.05) is 0 Å². The summed E-state index contributed by atoms with van der Waals surface area (Å²) in [7, 11) is -2.56. The molecule has 0 aliphatic heterocycles. The van der Waals surface area contributed by atoms with Crippen LogP contribution in [0.1, 0.15) is 6.92 Å². The summed E-state index contributed by atoms with van der Waals surface area (Å²) in [5.74, 6) is 0. The van der Waals surface area contributed by atoms with E-state index in [9.17, 15) is 8.42 Å². The molecule has 133 valence electrons. The number of thiazole rings is 1. The van der Waals surface area contributed by atoms with Crippen LogP contribution in [0.15, 0.2) is 34.0 Å². The molecule has 0 aliphatic carbocycles. The molecule has 3 heterocycles. The van der Waals surface area contributed by atoms with Crippen LogP contribution in [0.5, 0.6) is 0 Å². The predicted molar refractivity (Wildman–Crippen MR) is 103 cm³/mol. The van der Waals surface area contributed by atoms with Crippen LogP contribution < -0.4 is 0 Å². The normalized spacial score (nSPS) is 13.0. The van der Waals surface area contributed by atoms with E-state index in [0.717, 1.165) is 14.6 Å². The zero-order chi connectivity index (χ0) is 18.3. The van der Waals surface area contributed by atoms with Gasteiger partial charge in [-0.25, -0.2) is 28.4 Å². The van der Waals surface area contributed by atoms with E-state index in [2.05, 4.69) is 26.1 Å². The molecule has 4 aromatic rings. The Morgan fingerprint density at radius 3 is 3.00 bits per heavy atom. The number of imidazole rings is 1. The van der Waals surface area contributed by atoms with Gasteiger partial charge in [-0.3, -0.25) is 0 Å². The molecule has 0 saturated carbocycles. The molecule has 0 aliphatic rings. The Kier molecular flexibility index (Phi) is 4.82. The molecule has 0 saturated heterocycles. The van der Waals surface area contributed by atoms with Gasteiger partial charge in [0, 0.05) is 6.54 Å². The van der Waals surface area contributed by atoms with Crippen LogP contribution in [-0.2, 0) is 17.2 Å². The summed E-state index contributed by atoms with van der Waals surface area (Å²) in [5.41, 5.74) is 1.85. The van der Waals surface area contributed by atoms with E-state index >= 15 is 0 Å². The van der Waals surface area contributed by atoms with Gasteiger partial charge in [0.15, 0.2) is 15.1 Å². The van der Waals surface area contributed by atoms with E-state index in [0.29, 0.717) is 21.3 Å². The summed E-state index contributed by atoms with van der Waals surface area (Å²) in [6.07, 6.45) is 4.16. The van der Waals surface area contributed by atoms with Gasteiger partial charge in [-0.15, -0.1) is 11.3 Å². The summed E-state index contributed by atoms with van der Waals surface area (Å²) in [5, 5.41) is 0.689. The molecular weight excluding hydrogens is 414 g/mol. The SMILES string of the molecule is CC(Cn1c(Sc2nc3cccc(Cl)c3s2)nc2[c]ncnc21)[SH](=O)=O. The van der Waals surface area contributed by atoms with Crippen LogP contribution >= 0.6 is 34.7 Å². The number of nitrogens with zero attached hydrogens (tertiary/aromatic N) is 5. The van der Waals surface area contributed by atoms with Gasteiger partial charge in [0.2, 0.25) is 0 Å². The fourth-order valence-electron chi connectivity index (χ4n) is 2.39. The van der Waals surface area contributed by atoms with Crippen molar-refractivity contribution >= 4 is 66.8 Å². The molecule has 0 bridgehead atoms. The lowest BCUT2D eigenvalue weighted by molar-refractivity contribution is 0.575.